The zero-order valence-electron chi connectivity index (χ0n) is 15.1. The molecule has 0 saturated carbocycles. The van der Waals surface area contributed by atoms with Crippen LogP contribution in [0.2, 0.25) is 10.0 Å². The summed E-state index contributed by atoms with van der Waals surface area (Å²) in [5.74, 6) is 1.85. The Morgan fingerprint density at radius 3 is 2.63 bits per heavy atom. The van der Waals surface area contributed by atoms with Crippen molar-refractivity contribution in [1.29, 1.82) is 0 Å². The van der Waals surface area contributed by atoms with Gasteiger partial charge in [0, 0.05) is 24.2 Å². The fourth-order valence-electron chi connectivity index (χ4n) is 2.23. The smallest absolute Gasteiger partial charge is 0.387 e. The number of guanidine groups is 1. The van der Waals surface area contributed by atoms with Gasteiger partial charge in [-0.15, -0.1) is 10.2 Å². The van der Waals surface area contributed by atoms with Crippen LogP contribution in [0.3, 0.4) is 0 Å². The Morgan fingerprint density at radius 2 is 2.04 bits per heavy atom. The summed E-state index contributed by atoms with van der Waals surface area (Å²) >= 11 is 11.9. The lowest BCUT2D eigenvalue weighted by molar-refractivity contribution is -0.0503. The Bertz CT molecular complexity index is 812. The molecule has 27 heavy (non-hydrogen) atoms. The minimum absolute atomic E-state index is 0.000481. The van der Waals surface area contributed by atoms with E-state index in [1.165, 1.54) is 12.1 Å². The van der Waals surface area contributed by atoms with Gasteiger partial charge in [-0.3, -0.25) is 0 Å². The first kappa shape index (κ1) is 21.2. The van der Waals surface area contributed by atoms with Crippen LogP contribution >= 0.6 is 23.2 Å². The number of aryl methyl sites for hydroxylation is 1. The van der Waals surface area contributed by atoms with E-state index in [-0.39, 0.29) is 17.3 Å². The Kier molecular flexibility index (Phi) is 7.61. The van der Waals surface area contributed by atoms with E-state index in [9.17, 15) is 8.78 Å². The van der Waals surface area contributed by atoms with Crippen LogP contribution in [0.4, 0.5) is 8.78 Å². The van der Waals surface area contributed by atoms with E-state index < -0.39 is 6.61 Å². The normalized spacial score (nSPS) is 11.8. The molecule has 1 aromatic heterocycles. The fraction of sp³-hybridized carbons (Fsp3) is 0.438. The molecular weight excluding hydrogens is 401 g/mol. The number of halogens is 4. The summed E-state index contributed by atoms with van der Waals surface area (Å²) < 4.78 is 31.7. The van der Waals surface area contributed by atoms with Gasteiger partial charge in [0.2, 0.25) is 0 Å². The van der Waals surface area contributed by atoms with Crippen LogP contribution < -0.4 is 15.4 Å². The minimum atomic E-state index is -3.00. The maximum absolute atomic E-state index is 12.7. The van der Waals surface area contributed by atoms with Gasteiger partial charge < -0.3 is 19.9 Å². The highest BCUT2D eigenvalue weighted by molar-refractivity contribution is 6.35. The largest absolute Gasteiger partial charge is 0.433 e. The van der Waals surface area contributed by atoms with Gasteiger partial charge in [0.25, 0.3) is 0 Å². The number of rotatable bonds is 7. The number of aromatic nitrogens is 3. The topological polar surface area (TPSA) is 76.4 Å². The maximum Gasteiger partial charge on any atom is 0.387 e. The molecule has 0 atom stereocenters. The molecule has 11 heteroatoms. The molecule has 1 heterocycles. The fourth-order valence-corrected chi connectivity index (χ4v) is 2.81. The van der Waals surface area contributed by atoms with Gasteiger partial charge >= 0.3 is 6.61 Å². The molecule has 2 rings (SSSR count). The number of ether oxygens (including phenoxy) is 1. The SMILES string of the molecule is CCNC(=NCc1cc(Cl)cc(Cl)c1OC(F)F)NCc1nnc(C)n1C. The number of aliphatic imine (C=N–C) groups is 1. The molecule has 0 aliphatic heterocycles. The molecule has 0 saturated heterocycles. The molecule has 0 spiro atoms. The highest BCUT2D eigenvalue weighted by atomic mass is 35.5. The molecule has 148 valence electrons. The number of nitrogens with zero attached hydrogens (tertiary/aromatic N) is 4. The molecular formula is C16H20Cl2F2N6O. The third kappa shape index (κ3) is 5.93. The summed E-state index contributed by atoms with van der Waals surface area (Å²) in [7, 11) is 1.86. The number of alkyl halides is 2. The summed E-state index contributed by atoms with van der Waals surface area (Å²) in [6, 6.07) is 2.83. The predicted octanol–water partition coefficient (Wildman–Crippen LogP) is 3.29. The van der Waals surface area contributed by atoms with Gasteiger partial charge in [-0.2, -0.15) is 8.78 Å². The molecule has 2 N–H and O–H groups in total. The minimum Gasteiger partial charge on any atom is -0.433 e. The third-order valence-electron chi connectivity index (χ3n) is 3.64. The Hall–Kier alpha value is -2.13. The van der Waals surface area contributed by atoms with Crippen molar-refractivity contribution in [3.8, 4) is 5.75 Å². The summed E-state index contributed by atoms with van der Waals surface area (Å²) in [4.78, 5) is 4.38. The van der Waals surface area contributed by atoms with Gasteiger partial charge in [0.1, 0.15) is 11.6 Å². The van der Waals surface area contributed by atoms with Crippen LogP contribution in [-0.4, -0.2) is 33.9 Å². The van der Waals surface area contributed by atoms with Gasteiger partial charge in [-0.05, 0) is 26.0 Å². The molecule has 0 aliphatic carbocycles. The number of hydrogen-bond acceptors (Lipinski definition) is 4. The number of hydrogen-bond donors (Lipinski definition) is 2. The van der Waals surface area contributed by atoms with Crippen molar-refractivity contribution in [2.24, 2.45) is 12.0 Å². The Morgan fingerprint density at radius 1 is 1.30 bits per heavy atom. The van der Waals surface area contributed by atoms with Crippen molar-refractivity contribution in [3.05, 3.63) is 39.4 Å². The molecule has 0 unspecified atom stereocenters. The van der Waals surface area contributed by atoms with Gasteiger partial charge in [-0.25, -0.2) is 4.99 Å². The standard InChI is InChI=1S/C16H20Cl2F2N6O/c1-4-21-16(23-8-13-25-24-9(2)26(13)3)22-7-10-5-11(17)6-12(18)14(10)27-15(19)20/h5-6,15H,4,7-8H2,1-3H3,(H2,21,22,23). The lowest BCUT2D eigenvalue weighted by atomic mass is 10.2. The molecule has 0 radical (unpaired) electrons. The van der Waals surface area contributed by atoms with Crippen LogP contribution in [0.15, 0.2) is 17.1 Å². The zero-order chi connectivity index (χ0) is 20.0. The Balaban J connectivity index is 2.17. The van der Waals surface area contributed by atoms with Crippen LogP contribution in [0, 0.1) is 6.92 Å². The van der Waals surface area contributed by atoms with Gasteiger partial charge in [0.15, 0.2) is 11.8 Å². The molecule has 0 fully saturated rings. The van der Waals surface area contributed by atoms with E-state index >= 15 is 0 Å². The van der Waals surface area contributed by atoms with E-state index in [4.69, 9.17) is 23.2 Å². The number of nitrogens with one attached hydrogen (secondary N) is 2. The summed E-state index contributed by atoms with van der Waals surface area (Å²) in [5.41, 5.74) is 0.347. The van der Waals surface area contributed by atoms with E-state index in [2.05, 4.69) is 30.6 Å². The van der Waals surface area contributed by atoms with Crippen LogP contribution in [0.25, 0.3) is 0 Å². The second-order valence-electron chi connectivity index (χ2n) is 5.53. The summed E-state index contributed by atoms with van der Waals surface area (Å²) in [5, 5.41) is 14.5. The first-order valence-corrected chi connectivity index (χ1v) is 8.87. The summed E-state index contributed by atoms with van der Waals surface area (Å²) in [6.45, 7) is 1.79. The second-order valence-corrected chi connectivity index (χ2v) is 6.37. The molecule has 7 nitrogen and oxygen atoms in total. The second kappa shape index (κ2) is 9.70. The van der Waals surface area contributed by atoms with Crippen molar-refractivity contribution < 1.29 is 13.5 Å². The third-order valence-corrected chi connectivity index (χ3v) is 4.14. The Labute approximate surface area is 165 Å². The van der Waals surface area contributed by atoms with E-state index in [0.717, 1.165) is 11.6 Å². The van der Waals surface area contributed by atoms with Crippen LogP contribution in [0.1, 0.15) is 24.1 Å². The van der Waals surface area contributed by atoms with Crippen molar-refractivity contribution >= 4 is 29.2 Å². The average Bonchev–Trinajstić information content (AvgIpc) is 2.91. The van der Waals surface area contributed by atoms with E-state index in [1.54, 1.807) is 0 Å². The van der Waals surface area contributed by atoms with Crippen molar-refractivity contribution in [3.63, 3.8) is 0 Å². The molecule has 0 aliphatic rings. The van der Waals surface area contributed by atoms with Gasteiger partial charge in [0.05, 0.1) is 18.1 Å². The number of benzene rings is 1. The van der Waals surface area contributed by atoms with Crippen molar-refractivity contribution in [1.82, 2.24) is 25.4 Å². The molecule has 2 aromatic rings. The summed E-state index contributed by atoms with van der Waals surface area (Å²) in [6.07, 6.45) is 0. The average molecular weight is 421 g/mol. The predicted molar refractivity (Wildman–Crippen MR) is 100 cm³/mol. The van der Waals surface area contributed by atoms with Crippen LogP contribution in [-0.2, 0) is 20.1 Å². The highest BCUT2D eigenvalue weighted by Gasteiger charge is 2.15. The zero-order valence-corrected chi connectivity index (χ0v) is 16.6. The lowest BCUT2D eigenvalue weighted by Gasteiger charge is -2.14. The van der Waals surface area contributed by atoms with E-state index in [0.29, 0.717) is 29.6 Å². The first-order valence-electron chi connectivity index (χ1n) is 8.11. The quantitative estimate of drug-likeness (QED) is 0.530. The van der Waals surface area contributed by atoms with Gasteiger partial charge in [-0.1, -0.05) is 23.2 Å². The molecule has 1 aromatic carbocycles. The van der Waals surface area contributed by atoms with Crippen molar-refractivity contribution in [2.45, 2.75) is 33.5 Å². The van der Waals surface area contributed by atoms with Crippen molar-refractivity contribution in [2.75, 3.05) is 6.54 Å². The highest BCUT2D eigenvalue weighted by Crippen LogP contribution is 2.34. The maximum atomic E-state index is 12.7. The lowest BCUT2D eigenvalue weighted by Crippen LogP contribution is -2.37. The van der Waals surface area contributed by atoms with Crippen LogP contribution in [0.5, 0.6) is 5.75 Å². The van der Waals surface area contributed by atoms with E-state index in [1.807, 2.05) is 25.5 Å². The molecule has 0 amide bonds. The first-order chi connectivity index (χ1) is 12.8. The molecule has 0 bridgehead atoms. The monoisotopic (exact) mass is 420 g/mol.